The number of nitrogens with zero attached hydrogens (tertiary/aromatic N) is 5. The minimum absolute atomic E-state index is 0.149. The highest BCUT2D eigenvalue weighted by molar-refractivity contribution is 5.76. The molecule has 2 aromatic rings. The van der Waals surface area contributed by atoms with Gasteiger partial charge in [-0.25, -0.2) is 15.1 Å². The zero-order valence-corrected chi connectivity index (χ0v) is 15.9. The number of piperazine rings is 1. The van der Waals surface area contributed by atoms with Crippen LogP contribution in [0.1, 0.15) is 36.1 Å². The Morgan fingerprint density at radius 2 is 1.81 bits per heavy atom. The van der Waals surface area contributed by atoms with Gasteiger partial charge in [0.15, 0.2) is 0 Å². The van der Waals surface area contributed by atoms with Crippen LogP contribution in [0.2, 0.25) is 0 Å². The third kappa shape index (κ3) is 5.12. The minimum atomic E-state index is -0.149. The molecule has 1 fully saturated rings. The van der Waals surface area contributed by atoms with Gasteiger partial charge in [0.2, 0.25) is 11.9 Å². The Bertz CT molecular complexity index is 825. The molecular weight excluding hydrogens is 344 g/mol. The number of aromatic amines is 1. The molecule has 8 nitrogen and oxygen atoms in total. The molecule has 3 rings (SSSR count). The number of carbonyl (C=O) groups excluding carboxylic acids is 1. The van der Waals surface area contributed by atoms with Gasteiger partial charge < -0.3 is 9.80 Å². The fourth-order valence-corrected chi connectivity index (χ4v) is 3.13. The summed E-state index contributed by atoms with van der Waals surface area (Å²) >= 11 is 0. The van der Waals surface area contributed by atoms with Gasteiger partial charge in [0, 0.05) is 50.6 Å². The summed E-state index contributed by atoms with van der Waals surface area (Å²) in [5.74, 6) is 0.932. The van der Waals surface area contributed by atoms with Gasteiger partial charge in [0.25, 0.3) is 5.56 Å². The molecule has 8 heteroatoms. The highest BCUT2D eigenvalue weighted by Crippen LogP contribution is 2.12. The van der Waals surface area contributed by atoms with Crippen molar-refractivity contribution in [3.05, 3.63) is 45.6 Å². The molecule has 0 radical (unpaired) electrons. The Kier molecular flexibility index (Phi) is 6.16. The van der Waals surface area contributed by atoms with Crippen molar-refractivity contribution in [1.82, 2.24) is 25.1 Å². The molecule has 1 amide bonds. The molecule has 0 aromatic carbocycles. The number of nitrogens with one attached hydrogen (secondary N) is 1. The first kappa shape index (κ1) is 19.0. The molecule has 1 aliphatic heterocycles. The van der Waals surface area contributed by atoms with Crippen LogP contribution in [0.3, 0.4) is 0 Å². The highest BCUT2D eigenvalue weighted by atomic mass is 16.2. The molecule has 0 saturated carbocycles. The van der Waals surface area contributed by atoms with Crippen molar-refractivity contribution in [2.75, 3.05) is 31.1 Å². The van der Waals surface area contributed by atoms with Crippen molar-refractivity contribution >= 4 is 11.9 Å². The molecule has 0 unspecified atom stereocenters. The average molecular weight is 370 g/mol. The van der Waals surface area contributed by atoms with Crippen LogP contribution in [0.15, 0.2) is 23.3 Å². The number of rotatable bonds is 6. The van der Waals surface area contributed by atoms with Crippen LogP contribution >= 0.6 is 0 Å². The molecule has 0 spiro atoms. The Labute approximate surface area is 158 Å². The van der Waals surface area contributed by atoms with Gasteiger partial charge in [-0.3, -0.25) is 9.59 Å². The van der Waals surface area contributed by atoms with E-state index < -0.39 is 0 Å². The van der Waals surface area contributed by atoms with Gasteiger partial charge in [-0.2, -0.15) is 5.10 Å². The van der Waals surface area contributed by atoms with Crippen molar-refractivity contribution in [3.63, 3.8) is 0 Å². The Morgan fingerprint density at radius 3 is 2.48 bits per heavy atom. The smallest absolute Gasteiger partial charge is 0.267 e. The number of amides is 1. The van der Waals surface area contributed by atoms with Gasteiger partial charge >= 0.3 is 0 Å². The van der Waals surface area contributed by atoms with Gasteiger partial charge in [-0.15, -0.1) is 0 Å². The quantitative estimate of drug-likeness (QED) is 0.769. The first-order valence-electron chi connectivity index (χ1n) is 9.39. The first-order valence-corrected chi connectivity index (χ1v) is 9.39. The van der Waals surface area contributed by atoms with Crippen molar-refractivity contribution < 1.29 is 4.79 Å². The molecule has 0 aliphatic carbocycles. The van der Waals surface area contributed by atoms with Crippen LogP contribution in [0.25, 0.3) is 0 Å². The lowest BCUT2D eigenvalue weighted by molar-refractivity contribution is -0.131. The van der Waals surface area contributed by atoms with E-state index in [-0.39, 0.29) is 11.5 Å². The number of aromatic nitrogens is 4. The van der Waals surface area contributed by atoms with E-state index in [9.17, 15) is 9.59 Å². The van der Waals surface area contributed by atoms with E-state index in [1.165, 1.54) is 0 Å². The number of anilines is 1. The SMILES string of the molecule is Cc1cnc(N2CCN(C(=O)CCCCc3cc(C)c(=O)[nH]n3)CC2)nc1. The summed E-state index contributed by atoms with van der Waals surface area (Å²) in [7, 11) is 0. The third-order valence-electron chi connectivity index (χ3n) is 4.80. The van der Waals surface area contributed by atoms with Crippen LogP contribution in [0.5, 0.6) is 0 Å². The van der Waals surface area contributed by atoms with Crippen molar-refractivity contribution in [3.8, 4) is 0 Å². The number of hydrogen-bond donors (Lipinski definition) is 1. The standard InChI is InChI=1S/C19H26N6O2/c1-14-12-20-19(21-13-14)25-9-7-24(8-10-25)17(26)6-4-3-5-16-11-15(2)18(27)23-22-16/h11-13H,3-10H2,1-2H3,(H,23,27). The monoisotopic (exact) mass is 370 g/mol. The second kappa shape index (κ2) is 8.75. The van der Waals surface area contributed by atoms with Crippen LogP contribution in [-0.4, -0.2) is 57.2 Å². The Morgan fingerprint density at radius 1 is 1.11 bits per heavy atom. The number of carbonyl (C=O) groups is 1. The summed E-state index contributed by atoms with van der Waals surface area (Å²) in [5, 5.41) is 6.53. The molecule has 27 heavy (non-hydrogen) atoms. The summed E-state index contributed by atoms with van der Waals surface area (Å²) in [4.78, 5) is 36.5. The number of unbranched alkanes of at least 4 members (excludes halogenated alkanes) is 1. The molecule has 1 saturated heterocycles. The van der Waals surface area contributed by atoms with Crippen LogP contribution in [-0.2, 0) is 11.2 Å². The Hall–Kier alpha value is -2.77. The van der Waals surface area contributed by atoms with E-state index in [1.54, 1.807) is 6.92 Å². The van der Waals surface area contributed by atoms with Gasteiger partial charge in [0.05, 0.1) is 5.69 Å². The van der Waals surface area contributed by atoms with Crippen molar-refractivity contribution in [1.29, 1.82) is 0 Å². The van der Waals surface area contributed by atoms with Crippen molar-refractivity contribution in [2.45, 2.75) is 39.5 Å². The second-order valence-corrected chi connectivity index (χ2v) is 7.01. The number of H-pyrrole nitrogens is 1. The summed E-state index contributed by atoms with van der Waals surface area (Å²) in [6.45, 7) is 6.67. The predicted molar refractivity (Wildman–Crippen MR) is 103 cm³/mol. The zero-order valence-electron chi connectivity index (χ0n) is 15.9. The largest absolute Gasteiger partial charge is 0.339 e. The molecule has 0 atom stereocenters. The first-order chi connectivity index (χ1) is 13.0. The normalized spacial score (nSPS) is 14.4. The fraction of sp³-hybridized carbons (Fsp3) is 0.526. The summed E-state index contributed by atoms with van der Waals surface area (Å²) in [6, 6.07) is 1.81. The lowest BCUT2D eigenvalue weighted by Gasteiger charge is -2.34. The molecular formula is C19H26N6O2. The lowest BCUT2D eigenvalue weighted by atomic mass is 10.1. The summed E-state index contributed by atoms with van der Waals surface area (Å²) < 4.78 is 0. The van der Waals surface area contributed by atoms with Crippen molar-refractivity contribution in [2.24, 2.45) is 0 Å². The summed E-state index contributed by atoms with van der Waals surface area (Å²) in [5.41, 5.74) is 2.43. The van der Waals surface area contributed by atoms with Gasteiger partial charge in [0.1, 0.15) is 0 Å². The fourth-order valence-electron chi connectivity index (χ4n) is 3.13. The topological polar surface area (TPSA) is 95.1 Å². The lowest BCUT2D eigenvalue weighted by Crippen LogP contribution is -2.49. The molecule has 1 aliphatic rings. The van der Waals surface area contributed by atoms with E-state index in [1.807, 2.05) is 30.3 Å². The van der Waals surface area contributed by atoms with E-state index >= 15 is 0 Å². The van der Waals surface area contributed by atoms with E-state index in [0.717, 1.165) is 49.6 Å². The van der Waals surface area contributed by atoms with Crippen LogP contribution in [0.4, 0.5) is 5.95 Å². The molecule has 3 heterocycles. The minimum Gasteiger partial charge on any atom is -0.339 e. The predicted octanol–water partition coefficient (Wildman–Crippen LogP) is 1.24. The van der Waals surface area contributed by atoms with Gasteiger partial charge in [-0.05, 0) is 44.7 Å². The Balaban J connectivity index is 1.38. The average Bonchev–Trinajstić information content (AvgIpc) is 2.68. The molecule has 2 aromatic heterocycles. The molecule has 0 bridgehead atoms. The van der Waals surface area contributed by atoms with E-state index in [0.29, 0.717) is 25.1 Å². The zero-order chi connectivity index (χ0) is 19.2. The van der Waals surface area contributed by atoms with Crippen LogP contribution in [0, 0.1) is 13.8 Å². The van der Waals surface area contributed by atoms with E-state index in [2.05, 4.69) is 25.1 Å². The molecule has 1 N–H and O–H groups in total. The maximum atomic E-state index is 12.4. The highest BCUT2D eigenvalue weighted by Gasteiger charge is 2.22. The maximum Gasteiger partial charge on any atom is 0.267 e. The van der Waals surface area contributed by atoms with Crippen LogP contribution < -0.4 is 10.5 Å². The third-order valence-corrected chi connectivity index (χ3v) is 4.80. The van der Waals surface area contributed by atoms with E-state index in [4.69, 9.17) is 0 Å². The van der Waals surface area contributed by atoms with Gasteiger partial charge in [-0.1, -0.05) is 0 Å². The number of hydrogen-bond acceptors (Lipinski definition) is 6. The number of aryl methyl sites for hydroxylation is 3. The maximum absolute atomic E-state index is 12.4. The molecule has 144 valence electrons. The summed E-state index contributed by atoms with van der Waals surface area (Å²) in [6.07, 6.45) is 6.64. The second-order valence-electron chi connectivity index (χ2n) is 7.01.